The Morgan fingerprint density at radius 1 is 1.00 bits per heavy atom. The fourth-order valence-corrected chi connectivity index (χ4v) is 2.14. The van der Waals surface area contributed by atoms with E-state index >= 15 is 0 Å². The number of rotatable bonds is 12. The SMILES string of the molecule is CCCCN(CCCC)CCC(CO)NC(C)C. The monoisotopic (exact) mass is 258 g/mol. The summed E-state index contributed by atoms with van der Waals surface area (Å²) in [6.45, 7) is 12.5. The fraction of sp³-hybridized carbons (Fsp3) is 1.00. The molecule has 0 rings (SSSR count). The number of aliphatic hydroxyl groups excluding tert-OH is 1. The Balaban J connectivity index is 3.96. The average Bonchev–Trinajstić information content (AvgIpc) is 2.35. The van der Waals surface area contributed by atoms with E-state index in [4.69, 9.17) is 0 Å². The van der Waals surface area contributed by atoms with E-state index in [1.807, 2.05) is 0 Å². The van der Waals surface area contributed by atoms with Crippen molar-refractivity contribution < 1.29 is 5.11 Å². The summed E-state index contributed by atoms with van der Waals surface area (Å²) in [7, 11) is 0. The molecule has 0 bridgehead atoms. The summed E-state index contributed by atoms with van der Waals surface area (Å²) in [4.78, 5) is 2.55. The molecular weight excluding hydrogens is 224 g/mol. The molecule has 110 valence electrons. The Kier molecular flexibility index (Phi) is 11.9. The highest BCUT2D eigenvalue weighted by atomic mass is 16.3. The lowest BCUT2D eigenvalue weighted by molar-refractivity contribution is 0.197. The van der Waals surface area contributed by atoms with Crippen molar-refractivity contribution in [2.45, 2.75) is 71.9 Å². The van der Waals surface area contributed by atoms with Crippen LogP contribution in [0.25, 0.3) is 0 Å². The molecule has 2 N–H and O–H groups in total. The lowest BCUT2D eigenvalue weighted by atomic mass is 10.1. The van der Waals surface area contributed by atoms with Gasteiger partial charge in [-0.3, -0.25) is 0 Å². The zero-order valence-electron chi connectivity index (χ0n) is 12.9. The molecule has 0 radical (unpaired) electrons. The highest BCUT2D eigenvalue weighted by Gasteiger charge is 2.11. The van der Waals surface area contributed by atoms with Gasteiger partial charge in [-0.15, -0.1) is 0 Å². The van der Waals surface area contributed by atoms with Gasteiger partial charge in [0.1, 0.15) is 0 Å². The molecular formula is C15H34N2O. The van der Waals surface area contributed by atoms with Gasteiger partial charge in [0.2, 0.25) is 0 Å². The Hall–Kier alpha value is -0.120. The standard InChI is InChI=1S/C15H34N2O/c1-5-7-10-17(11-8-6-2)12-9-15(13-18)16-14(3)4/h14-16,18H,5-13H2,1-4H3. The molecule has 3 heteroatoms. The highest BCUT2D eigenvalue weighted by molar-refractivity contribution is 4.71. The number of nitrogens with zero attached hydrogens (tertiary/aromatic N) is 1. The Labute approximate surface area is 114 Å². The van der Waals surface area contributed by atoms with Gasteiger partial charge in [-0.05, 0) is 38.9 Å². The normalized spacial score (nSPS) is 13.5. The summed E-state index contributed by atoms with van der Waals surface area (Å²) in [5.74, 6) is 0. The van der Waals surface area contributed by atoms with Crippen LogP contribution in [-0.2, 0) is 0 Å². The van der Waals surface area contributed by atoms with E-state index in [1.54, 1.807) is 0 Å². The van der Waals surface area contributed by atoms with E-state index in [2.05, 4.69) is 37.9 Å². The Bertz CT molecular complexity index is 166. The van der Waals surface area contributed by atoms with Gasteiger partial charge in [-0.25, -0.2) is 0 Å². The summed E-state index contributed by atoms with van der Waals surface area (Å²) in [6, 6.07) is 0.692. The Morgan fingerprint density at radius 3 is 1.94 bits per heavy atom. The summed E-state index contributed by atoms with van der Waals surface area (Å²) < 4.78 is 0. The molecule has 0 aliphatic heterocycles. The van der Waals surface area contributed by atoms with Gasteiger partial charge in [0.05, 0.1) is 6.61 Å². The third-order valence-corrected chi connectivity index (χ3v) is 3.24. The van der Waals surface area contributed by atoms with Crippen molar-refractivity contribution >= 4 is 0 Å². The summed E-state index contributed by atoms with van der Waals surface area (Å²) in [5, 5.41) is 12.8. The van der Waals surface area contributed by atoms with Crippen molar-refractivity contribution in [1.82, 2.24) is 10.2 Å². The van der Waals surface area contributed by atoms with Gasteiger partial charge in [0, 0.05) is 12.1 Å². The van der Waals surface area contributed by atoms with E-state index in [9.17, 15) is 5.11 Å². The van der Waals surface area contributed by atoms with Crippen LogP contribution >= 0.6 is 0 Å². The first-order valence-electron chi connectivity index (χ1n) is 7.73. The minimum atomic E-state index is 0.244. The zero-order chi connectivity index (χ0) is 13.8. The summed E-state index contributed by atoms with van der Waals surface area (Å²) >= 11 is 0. The van der Waals surface area contributed by atoms with E-state index in [1.165, 1.54) is 38.8 Å². The van der Waals surface area contributed by atoms with Gasteiger partial charge < -0.3 is 15.3 Å². The van der Waals surface area contributed by atoms with E-state index in [0.717, 1.165) is 13.0 Å². The molecule has 0 saturated carbocycles. The molecule has 0 spiro atoms. The first-order chi connectivity index (χ1) is 8.63. The van der Waals surface area contributed by atoms with Crippen LogP contribution < -0.4 is 5.32 Å². The molecule has 0 aromatic carbocycles. The van der Waals surface area contributed by atoms with Crippen LogP contribution in [0, 0.1) is 0 Å². The van der Waals surface area contributed by atoms with E-state index in [-0.39, 0.29) is 12.6 Å². The first kappa shape index (κ1) is 17.9. The van der Waals surface area contributed by atoms with Gasteiger partial charge >= 0.3 is 0 Å². The van der Waals surface area contributed by atoms with E-state index in [0.29, 0.717) is 6.04 Å². The van der Waals surface area contributed by atoms with Crippen LogP contribution in [0.1, 0.15) is 59.8 Å². The zero-order valence-corrected chi connectivity index (χ0v) is 12.9. The number of unbranched alkanes of at least 4 members (excludes halogenated alkanes) is 2. The molecule has 0 aromatic rings. The fourth-order valence-electron chi connectivity index (χ4n) is 2.14. The minimum Gasteiger partial charge on any atom is -0.395 e. The molecule has 0 aliphatic carbocycles. The second kappa shape index (κ2) is 11.9. The second-order valence-corrected chi connectivity index (χ2v) is 5.54. The number of aliphatic hydroxyl groups is 1. The highest BCUT2D eigenvalue weighted by Crippen LogP contribution is 2.03. The first-order valence-corrected chi connectivity index (χ1v) is 7.73. The van der Waals surface area contributed by atoms with Crippen molar-refractivity contribution in [3.05, 3.63) is 0 Å². The van der Waals surface area contributed by atoms with Crippen LogP contribution in [0.5, 0.6) is 0 Å². The number of hydrogen-bond acceptors (Lipinski definition) is 3. The smallest absolute Gasteiger partial charge is 0.0585 e. The molecule has 0 heterocycles. The van der Waals surface area contributed by atoms with Crippen molar-refractivity contribution in [2.75, 3.05) is 26.2 Å². The molecule has 3 nitrogen and oxygen atoms in total. The average molecular weight is 258 g/mol. The molecule has 0 saturated heterocycles. The topological polar surface area (TPSA) is 35.5 Å². The van der Waals surface area contributed by atoms with Crippen LogP contribution in [0.2, 0.25) is 0 Å². The van der Waals surface area contributed by atoms with Gasteiger partial charge in [0.25, 0.3) is 0 Å². The van der Waals surface area contributed by atoms with Crippen LogP contribution in [0.3, 0.4) is 0 Å². The lowest BCUT2D eigenvalue weighted by Crippen LogP contribution is -2.40. The summed E-state index contributed by atoms with van der Waals surface area (Å²) in [5.41, 5.74) is 0. The van der Waals surface area contributed by atoms with E-state index < -0.39 is 0 Å². The number of hydrogen-bond donors (Lipinski definition) is 2. The maximum absolute atomic E-state index is 9.36. The molecule has 0 aliphatic rings. The molecule has 1 unspecified atom stereocenters. The lowest BCUT2D eigenvalue weighted by Gasteiger charge is -2.25. The Morgan fingerprint density at radius 2 is 1.56 bits per heavy atom. The maximum atomic E-state index is 9.36. The molecule has 0 aromatic heterocycles. The van der Waals surface area contributed by atoms with Crippen LogP contribution in [0.15, 0.2) is 0 Å². The van der Waals surface area contributed by atoms with Crippen molar-refractivity contribution in [1.29, 1.82) is 0 Å². The largest absolute Gasteiger partial charge is 0.395 e. The molecule has 0 fully saturated rings. The minimum absolute atomic E-state index is 0.244. The molecule has 18 heavy (non-hydrogen) atoms. The van der Waals surface area contributed by atoms with Gasteiger partial charge in [-0.1, -0.05) is 40.5 Å². The predicted octanol–water partition coefficient (Wildman–Crippen LogP) is 2.64. The molecule has 0 amide bonds. The van der Waals surface area contributed by atoms with Crippen LogP contribution in [-0.4, -0.2) is 48.3 Å². The third kappa shape index (κ3) is 9.86. The van der Waals surface area contributed by atoms with Gasteiger partial charge in [0.15, 0.2) is 0 Å². The maximum Gasteiger partial charge on any atom is 0.0585 e. The van der Waals surface area contributed by atoms with Gasteiger partial charge in [-0.2, -0.15) is 0 Å². The van der Waals surface area contributed by atoms with Crippen molar-refractivity contribution in [2.24, 2.45) is 0 Å². The number of nitrogens with one attached hydrogen (secondary N) is 1. The quantitative estimate of drug-likeness (QED) is 0.565. The van der Waals surface area contributed by atoms with Crippen molar-refractivity contribution in [3.8, 4) is 0 Å². The second-order valence-electron chi connectivity index (χ2n) is 5.54. The van der Waals surface area contributed by atoms with Crippen molar-refractivity contribution in [3.63, 3.8) is 0 Å². The predicted molar refractivity (Wildman–Crippen MR) is 80.0 cm³/mol. The third-order valence-electron chi connectivity index (χ3n) is 3.24. The molecule has 1 atom stereocenters. The van der Waals surface area contributed by atoms with Crippen LogP contribution in [0.4, 0.5) is 0 Å². The summed E-state index contributed by atoms with van der Waals surface area (Å²) in [6.07, 6.45) is 6.13.